The van der Waals surface area contributed by atoms with Gasteiger partial charge in [0.2, 0.25) is 15.9 Å². The Bertz CT molecular complexity index is 1050. The molecule has 1 N–H and O–H groups in total. The molecule has 0 unspecified atom stereocenters. The first kappa shape index (κ1) is 22.6. The van der Waals surface area contributed by atoms with E-state index in [9.17, 15) is 13.2 Å². The highest BCUT2D eigenvalue weighted by Crippen LogP contribution is 2.30. The van der Waals surface area contributed by atoms with E-state index in [2.05, 4.69) is 17.4 Å². The third-order valence-electron chi connectivity index (χ3n) is 5.72. The van der Waals surface area contributed by atoms with Crippen LogP contribution in [0, 0.1) is 6.92 Å². The molecule has 5 nitrogen and oxygen atoms in total. The van der Waals surface area contributed by atoms with E-state index >= 15 is 0 Å². The average Bonchev–Trinajstić information content (AvgIpc) is 3.14. The fourth-order valence-corrected chi connectivity index (χ4v) is 5.54. The molecular weight excluding hydrogens is 420 g/mol. The molecule has 0 fully saturated rings. The van der Waals surface area contributed by atoms with Gasteiger partial charge >= 0.3 is 0 Å². The summed E-state index contributed by atoms with van der Waals surface area (Å²) in [5.74, 6) is -0.324. The summed E-state index contributed by atoms with van der Waals surface area (Å²) in [6.45, 7) is 5.54. The summed E-state index contributed by atoms with van der Waals surface area (Å²) in [6.07, 6.45) is 4.79. The van der Waals surface area contributed by atoms with Crippen molar-refractivity contribution in [2.24, 2.45) is 0 Å². The van der Waals surface area contributed by atoms with Crippen molar-refractivity contribution < 1.29 is 13.2 Å². The second-order valence-corrected chi connectivity index (χ2v) is 10.3. The predicted molar refractivity (Wildman–Crippen MR) is 123 cm³/mol. The monoisotopic (exact) mass is 448 g/mol. The number of nitrogens with one attached hydrogen (secondary N) is 1. The average molecular weight is 449 g/mol. The van der Waals surface area contributed by atoms with Crippen LogP contribution in [0.1, 0.15) is 55.0 Å². The van der Waals surface area contributed by atoms with Gasteiger partial charge < -0.3 is 5.32 Å². The maximum Gasteiger partial charge on any atom is 0.244 e. The molecule has 7 heteroatoms. The second kappa shape index (κ2) is 8.98. The highest BCUT2D eigenvalue weighted by molar-refractivity contribution is 7.92. The first-order chi connectivity index (χ1) is 14.1. The molecule has 0 radical (unpaired) electrons. The Labute approximate surface area is 184 Å². The van der Waals surface area contributed by atoms with Crippen LogP contribution in [-0.2, 0) is 27.7 Å². The van der Waals surface area contributed by atoms with E-state index in [0.717, 1.165) is 30.2 Å². The normalized spacial score (nSPS) is 15.4. The van der Waals surface area contributed by atoms with E-state index in [1.807, 2.05) is 26.8 Å². The van der Waals surface area contributed by atoms with Gasteiger partial charge in [-0.15, -0.1) is 0 Å². The lowest BCUT2D eigenvalue weighted by Crippen LogP contribution is -2.50. The SMILES string of the molecule is CC[C@@H](C(=O)N[C@@H](C)c1ccc2c(c1)CCC2)N(c1cc(Cl)ccc1C)S(C)(=O)=O. The molecule has 0 heterocycles. The number of amides is 1. The minimum atomic E-state index is -3.71. The molecule has 0 spiro atoms. The Balaban J connectivity index is 1.88. The summed E-state index contributed by atoms with van der Waals surface area (Å²) >= 11 is 6.13. The van der Waals surface area contributed by atoms with Crippen LogP contribution < -0.4 is 9.62 Å². The fraction of sp³-hybridized carbons (Fsp3) is 0.435. The number of hydrogen-bond acceptors (Lipinski definition) is 3. The van der Waals surface area contributed by atoms with Crippen LogP contribution in [0.3, 0.4) is 0 Å². The number of rotatable bonds is 7. The van der Waals surface area contributed by atoms with Gasteiger partial charge in [0.25, 0.3) is 0 Å². The number of carbonyl (C=O) groups is 1. The van der Waals surface area contributed by atoms with Crippen LogP contribution in [0.4, 0.5) is 5.69 Å². The highest BCUT2D eigenvalue weighted by Gasteiger charge is 2.33. The first-order valence-corrected chi connectivity index (χ1v) is 12.5. The summed E-state index contributed by atoms with van der Waals surface area (Å²) < 4.78 is 26.6. The van der Waals surface area contributed by atoms with Crippen LogP contribution in [-0.4, -0.2) is 26.6 Å². The van der Waals surface area contributed by atoms with Crippen molar-refractivity contribution in [3.8, 4) is 0 Å². The summed E-state index contributed by atoms with van der Waals surface area (Å²) in [5, 5.41) is 3.44. The highest BCUT2D eigenvalue weighted by atomic mass is 35.5. The van der Waals surface area contributed by atoms with E-state index in [1.165, 1.54) is 21.9 Å². The molecule has 0 aromatic heterocycles. The molecule has 1 aliphatic carbocycles. The topological polar surface area (TPSA) is 66.5 Å². The molecule has 2 aromatic carbocycles. The van der Waals surface area contributed by atoms with Crippen LogP contribution in [0.2, 0.25) is 5.02 Å². The van der Waals surface area contributed by atoms with Crippen molar-refractivity contribution >= 4 is 33.2 Å². The van der Waals surface area contributed by atoms with E-state index in [-0.39, 0.29) is 11.9 Å². The fourth-order valence-electron chi connectivity index (χ4n) is 4.11. The third-order valence-corrected chi connectivity index (χ3v) is 7.12. The van der Waals surface area contributed by atoms with Crippen molar-refractivity contribution in [3.05, 3.63) is 63.7 Å². The van der Waals surface area contributed by atoms with Gasteiger partial charge in [0.05, 0.1) is 18.0 Å². The summed E-state index contributed by atoms with van der Waals surface area (Å²) in [7, 11) is -3.71. The Morgan fingerprint density at radius 2 is 1.87 bits per heavy atom. The molecule has 1 aliphatic rings. The molecule has 2 aromatic rings. The number of fused-ring (bicyclic) bond motifs is 1. The summed E-state index contributed by atoms with van der Waals surface area (Å²) in [6, 6.07) is 10.3. The smallest absolute Gasteiger partial charge is 0.244 e. The largest absolute Gasteiger partial charge is 0.348 e. The van der Waals surface area contributed by atoms with Crippen LogP contribution in [0.15, 0.2) is 36.4 Å². The Kier molecular flexibility index (Phi) is 6.78. The minimum absolute atomic E-state index is 0.223. The molecule has 0 saturated carbocycles. The predicted octanol–water partition coefficient (Wildman–Crippen LogP) is 4.56. The number of halogens is 1. The van der Waals surface area contributed by atoms with Crippen molar-refractivity contribution in [1.29, 1.82) is 0 Å². The lowest BCUT2D eigenvalue weighted by molar-refractivity contribution is -0.122. The molecular formula is C23H29ClN2O3S. The van der Waals surface area contributed by atoms with Gasteiger partial charge in [-0.1, -0.05) is 42.8 Å². The van der Waals surface area contributed by atoms with E-state index in [0.29, 0.717) is 17.1 Å². The molecule has 3 rings (SSSR count). The number of hydrogen-bond donors (Lipinski definition) is 1. The number of aryl methyl sites for hydroxylation is 3. The zero-order valence-electron chi connectivity index (χ0n) is 17.9. The minimum Gasteiger partial charge on any atom is -0.348 e. The zero-order valence-corrected chi connectivity index (χ0v) is 19.5. The maximum absolute atomic E-state index is 13.2. The zero-order chi connectivity index (χ0) is 22.1. The van der Waals surface area contributed by atoms with Gasteiger partial charge in [-0.05, 0) is 73.9 Å². The number of carbonyl (C=O) groups excluding carboxylic acids is 1. The van der Waals surface area contributed by atoms with Crippen molar-refractivity contribution in [2.75, 3.05) is 10.6 Å². The van der Waals surface area contributed by atoms with E-state index in [1.54, 1.807) is 18.2 Å². The standard InChI is InChI=1S/C23H29ClN2O3S/c1-5-21(26(30(4,28)29)22-14-20(24)12-9-15(22)2)23(27)25-16(3)18-11-10-17-7-6-8-19(17)13-18/h9-14,16,21H,5-8H2,1-4H3,(H,25,27)/t16-,21-/m0/s1. The van der Waals surface area contributed by atoms with Crippen LogP contribution in [0.25, 0.3) is 0 Å². The quantitative estimate of drug-likeness (QED) is 0.675. The van der Waals surface area contributed by atoms with E-state index < -0.39 is 16.1 Å². The lowest BCUT2D eigenvalue weighted by Gasteiger charge is -2.32. The molecule has 1 amide bonds. The molecule has 30 heavy (non-hydrogen) atoms. The van der Waals surface area contributed by atoms with Gasteiger partial charge in [0.1, 0.15) is 6.04 Å². The molecule has 0 bridgehead atoms. The van der Waals surface area contributed by atoms with Gasteiger partial charge in [0, 0.05) is 5.02 Å². The first-order valence-electron chi connectivity index (χ1n) is 10.3. The Morgan fingerprint density at radius 3 is 2.53 bits per heavy atom. The van der Waals surface area contributed by atoms with Gasteiger partial charge in [0.15, 0.2) is 0 Å². The van der Waals surface area contributed by atoms with Crippen molar-refractivity contribution in [3.63, 3.8) is 0 Å². The van der Waals surface area contributed by atoms with Crippen LogP contribution >= 0.6 is 11.6 Å². The molecule has 2 atom stereocenters. The van der Waals surface area contributed by atoms with Gasteiger partial charge in [-0.25, -0.2) is 8.42 Å². The van der Waals surface area contributed by atoms with Gasteiger partial charge in [-0.2, -0.15) is 0 Å². The number of nitrogens with zero attached hydrogens (tertiary/aromatic N) is 1. The Morgan fingerprint density at radius 1 is 1.17 bits per heavy atom. The van der Waals surface area contributed by atoms with E-state index in [4.69, 9.17) is 11.6 Å². The van der Waals surface area contributed by atoms with Crippen LogP contribution in [0.5, 0.6) is 0 Å². The molecule has 0 aliphatic heterocycles. The number of anilines is 1. The molecule has 0 saturated heterocycles. The second-order valence-electron chi connectivity index (χ2n) is 8.03. The Hall–Kier alpha value is -2.05. The summed E-state index contributed by atoms with van der Waals surface area (Å²) in [4.78, 5) is 13.2. The maximum atomic E-state index is 13.2. The number of benzene rings is 2. The van der Waals surface area contributed by atoms with Crippen molar-refractivity contribution in [2.45, 2.75) is 58.5 Å². The number of sulfonamides is 1. The summed E-state index contributed by atoms with van der Waals surface area (Å²) in [5.41, 5.74) is 4.92. The van der Waals surface area contributed by atoms with Gasteiger partial charge in [-0.3, -0.25) is 9.10 Å². The molecule has 162 valence electrons. The lowest BCUT2D eigenvalue weighted by atomic mass is 10.0. The third kappa shape index (κ3) is 4.81. The van der Waals surface area contributed by atoms with Crippen molar-refractivity contribution in [1.82, 2.24) is 5.32 Å².